The number of rotatable bonds is 9. The van der Waals surface area contributed by atoms with E-state index in [0.29, 0.717) is 39.5 Å². The molecule has 7 heterocycles. The Morgan fingerprint density at radius 1 is 0.518 bits per heavy atom. The Kier molecular flexibility index (Phi) is 9.93. The summed E-state index contributed by atoms with van der Waals surface area (Å²) < 4.78 is 26.9. The Labute approximate surface area is 477 Å². The highest BCUT2D eigenvalue weighted by Crippen LogP contribution is 2.54. The Hall–Kier alpha value is -10.4. The third-order valence-corrected chi connectivity index (χ3v) is 17.5. The van der Waals surface area contributed by atoms with Crippen molar-refractivity contribution in [2.24, 2.45) is 10.9 Å². The molecule has 394 valence electrons. The fourth-order valence-electron chi connectivity index (χ4n) is 13.2. The van der Waals surface area contributed by atoms with Crippen molar-refractivity contribution in [3.63, 3.8) is 0 Å². The summed E-state index contributed by atoms with van der Waals surface area (Å²) in [7, 11) is 0. The van der Waals surface area contributed by atoms with Gasteiger partial charge in [-0.05, 0) is 120 Å². The third kappa shape index (κ3) is 7.32. The molecule has 1 aliphatic carbocycles. The second kappa shape index (κ2) is 17.8. The van der Waals surface area contributed by atoms with E-state index in [1.165, 1.54) is 16.5 Å². The van der Waals surface area contributed by atoms with Crippen LogP contribution in [0.1, 0.15) is 46.4 Å². The number of H-pyrrole nitrogens is 1. The largest absolute Gasteiger partial charge is 0.456 e. The van der Waals surface area contributed by atoms with Crippen LogP contribution in [0.2, 0.25) is 5.02 Å². The Morgan fingerprint density at radius 3 is 2.13 bits per heavy atom. The van der Waals surface area contributed by atoms with E-state index >= 15 is 0 Å². The molecule has 10 aromatic carbocycles. The molecule has 2 aliphatic rings. The summed E-state index contributed by atoms with van der Waals surface area (Å²) in [6.45, 7) is 0. The minimum Gasteiger partial charge on any atom is -0.456 e. The minimum absolute atomic E-state index is 0.329. The average Bonchev–Trinajstić information content (AvgIpc) is 3.33. The highest BCUT2D eigenvalue weighted by atomic mass is 35.5. The molecule has 0 amide bonds. The van der Waals surface area contributed by atoms with Gasteiger partial charge in [0.15, 0.2) is 17.2 Å². The monoisotopic (exact) mass is 1090 g/mol. The van der Waals surface area contributed by atoms with Gasteiger partial charge in [0.1, 0.15) is 62.3 Å². The van der Waals surface area contributed by atoms with Crippen molar-refractivity contribution in [1.82, 2.24) is 20.3 Å². The summed E-state index contributed by atoms with van der Waals surface area (Å²) >= 11 is 6.58. The summed E-state index contributed by atoms with van der Waals surface area (Å²) in [5, 5.41) is 16.3. The summed E-state index contributed by atoms with van der Waals surface area (Å²) in [5.74, 6) is 3.00. The van der Waals surface area contributed by atoms with Gasteiger partial charge in [-0.2, -0.15) is 0 Å². The zero-order chi connectivity index (χ0) is 54.4. The van der Waals surface area contributed by atoms with Crippen molar-refractivity contribution < 1.29 is 17.7 Å². The number of hydrogen-bond donors (Lipinski definition) is 3. The van der Waals surface area contributed by atoms with E-state index in [-0.39, 0.29) is 6.04 Å². The summed E-state index contributed by atoms with van der Waals surface area (Å²) in [4.78, 5) is 19.7. The third-order valence-electron chi connectivity index (χ3n) is 17.2. The standard InChI is InChI=1S/C72H45ClN6O4/c73-52-22-8-9-23-53(52)74-42-29-31-58-50(35-42)67-69(82-58)66(77-71(78-67)39-14-3-1-4-15-39)46-21-13-27-60-64(46)49-33-38(28-30-57(49)81-60)32-41-34-47(41)43-19-11-24-54-62(43)48-37-61-51(36-55(48)75-54)68-70(83-61)65(76-72(79-68)40-16-5-2-6-17-40)45-20-12-26-59-63(45)44-18-7-10-25-56(44)80-59/h1-31,33,35-37,41,47,65,74-75H,32,34H2,(H,76,79). The van der Waals surface area contributed by atoms with Crippen LogP contribution in [0.3, 0.4) is 0 Å². The molecule has 3 N–H and O–H groups in total. The number of nitrogens with one attached hydrogen (secondary N) is 3. The molecule has 16 aromatic rings. The van der Waals surface area contributed by atoms with Gasteiger partial charge in [0.2, 0.25) is 0 Å². The van der Waals surface area contributed by atoms with Gasteiger partial charge in [-0.3, -0.25) is 0 Å². The van der Waals surface area contributed by atoms with Crippen LogP contribution >= 0.6 is 11.6 Å². The van der Waals surface area contributed by atoms with Crippen molar-refractivity contribution in [2.45, 2.75) is 24.8 Å². The molecule has 0 radical (unpaired) electrons. The minimum atomic E-state index is -0.329. The molecule has 83 heavy (non-hydrogen) atoms. The van der Waals surface area contributed by atoms with Crippen LogP contribution in [0, 0.1) is 5.92 Å². The van der Waals surface area contributed by atoms with Crippen molar-refractivity contribution in [3.8, 4) is 22.6 Å². The van der Waals surface area contributed by atoms with Gasteiger partial charge >= 0.3 is 0 Å². The highest BCUT2D eigenvalue weighted by Gasteiger charge is 2.40. The van der Waals surface area contributed by atoms with Crippen LogP contribution in [0.15, 0.2) is 235 Å². The number of furan rings is 4. The first-order valence-electron chi connectivity index (χ1n) is 28.1. The zero-order valence-electron chi connectivity index (χ0n) is 44.2. The molecule has 1 fully saturated rings. The smallest absolute Gasteiger partial charge is 0.180 e. The van der Waals surface area contributed by atoms with Crippen LogP contribution in [-0.4, -0.2) is 20.8 Å². The first-order valence-corrected chi connectivity index (χ1v) is 28.4. The van der Waals surface area contributed by atoms with Gasteiger partial charge in [-0.25, -0.2) is 15.0 Å². The fourth-order valence-corrected chi connectivity index (χ4v) is 13.4. The molecule has 3 atom stereocenters. The van der Waals surface area contributed by atoms with Crippen molar-refractivity contribution in [1.29, 1.82) is 0 Å². The second-order valence-electron chi connectivity index (χ2n) is 22.1. The van der Waals surface area contributed by atoms with E-state index in [0.717, 1.165) is 146 Å². The van der Waals surface area contributed by atoms with Crippen LogP contribution < -0.4 is 10.6 Å². The van der Waals surface area contributed by atoms with E-state index in [4.69, 9.17) is 44.2 Å². The molecule has 10 nitrogen and oxygen atoms in total. The molecule has 18 rings (SSSR count). The number of anilines is 2. The molecular formula is C72H45ClN6O4. The number of aliphatic imine (C=N–C) groups is 1. The van der Waals surface area contributed by atoms with E-state index in [1.54, 1.807) is 0 Å². The van der Waals surface area contributed by atoms with Crippen molar-refractivity contribution in [3.05, 3.63) is 245 Å². The first kappa shape index (κ1) is 46.3. The predicted octanol–water partition coefficient (Wildman–Crippen LogP) is 19.4. The SMILES string of the molecule is Clc1ccccc1Nc1ccc2oc3c(-c4cccc5oc6ccc(CC7CC7c7cccc8[nH]c9cc%10c%11c(oc%10cc9c78)C(c7cccc8oc9ccccc9c78)NC(c7ccccc7)=N%11)cc6c45)nc(-c4ccccc4)nc3c2c1. The molecule has 11 heteroatoms. The maximum absolute atomic E-state index is 7.06. The second-order valence-corrected chi connectivity index (χ2v) is 22.5. The molecular weight excluding hydrogens is 1050 g/mol. The topological polar surface area (TPSA) is 131 Å². The lowest BCUT2D eigenvalue weighted by atomic mass is 9.95. The normalized spacial score (nSPS) is 16.1. The van der Waals surface area contributed by atoms with Crippen molar-refractivity contribution in [2.75, 3.05) is 5.32 Å². The summed E-state index contributed by atoms with van der Waals surface area (Å²) in [5.41, 5.74) is 18.0. The van der Waals surface area contributed by atoms with Crippen LogP contribution in [0.25, 0.3) is 121 Å². The number of halogens is 1. The number of para-hydroxylation sites is 2. The quantitative estimate of drug-likeness (QED) is 0.130. The Bertz CT molecular complexity index is 5400. The van der Waals surface area contributed by atoms with Crippen LogP contribution in [-0.2, 0) is 6.42 Å². The average molecular weight is 1090 g/mol. The number of amidine groups is 1. The Balaban J connectivity index is 0.711. The lowest BCUT2D eigenvalue weighted by molar-refractivity contribution is 0.505. The van der Waals surface area contributed by atoms with Gasteiger partial charge in [0.05, 0.1) is 10.7 Å². The molecule has 6 aromatic heterocycles. The van der Waals surface area contributed by atoms with Crippen molar-refractivity contribution >= 4 is 133 Å². The molecule has 1 aliphatic heterocycles. The van der Waals surface area contributed by atoms with Crippen LogP contribution in [0.5, 0.6) is 0 Å². The van der Waals surface area contributed by atoms with Crippen LogP contribution in [0.4, 0.5) is 17.1 Å². The molecule has 0 bridgehead atoms. The summed E-state index contributed by atoms with van der Waals surface area (Å²) in [6, 6.07) is 72.5. The molecule has 3 unspecified atom stereocenters. The van der Waals surface area contributed by atoms with Gasteiger partial charge in [-0.15, -0.1) is 0 Å². The van der Waals surface area contributed by atoms with E-state index < -0.39 is 0 Å². The number of fused-ring (bicyclic) bond motifs is 15. The predicted molar refractivity (Wildman–Crippen MR) is 334 cm³/mol. The number of nitrogens with zero attached hydrogens (tertiary/aromatic N) is 3. The van der Waals surface area contributed by atoms with Gasteiger partial charge in [0.25, 0.3) is 0 Å². The molecule has 1 saturated carbocycles. The lowest BCUT2D eigenvalue weighted by Crippen LogP contribution is -2.32. The van der Waals surface area contributed by atoms with E-state index in [1.807, 2.05) is 103 Å². The maximum Gasteiger partial charge on any atom is 0.180 e. The number of hydrogen-bond acceptors (Lipinski definition) is 9. The molecule has 0 spiro atoms. The summed E-state index contributed by atoms with van der Waals surface area (Å²) in [6.07, 6.45) is 2.00. The lowest BCUT2D eigenvalue weighted by Gasteiger charge is -2.25. The number of aromatic amines is 1. The first-order chi connectivity index (χ1) is 41.0. The van der Waals surface area contributed by atoms with Gasteiger partial charge in [-0.1, -0.05) is 145 Å². The highest BCUT2D eigenvalue weighted by molar-refractivity contribution is 6.33. The van der Waals surface area contributed by atoms with Gasteiger partial charge in [0, 0.05) is 76.5 Å². The van der Waals surface area contributed by atoms with E-state index in [9.17, 15) is 0 Å². The Morgan fingerprint density at radius 2 is 1.25 bits per heavy atom. The van der Waals surface area contributed by atoms with Gasteiger partial charge < -0.3 is 33.3 Å². The van der Waals surface area contributed by atoms with E-state index in [2.05, 4.69) is 125 Å². The number of benzene rings is 10. The fraction of sp³-hybridized carbons (Fsp3) is 0.0694. The number of aromatic nitrogens is 3. The molecule has 0 saturated heterocycles. The zero-order valence-corrected chi connectivity index (χ0v) is 45.0. The maximum atomic E-state index is 7.06.